The van der Waals surface area contributed by atoms with Crippen LogP contribution in [0.5, 0.6) is 0 Å². The number of isothiocyanates is 1. The van der Waals surface area contributed by atoms with Crippen molar-refractivity contribution in [1.29, 1.82) is 10.8 Å². The fourth-order valence-electron chi connectivity index (χ4n) is 0. The van der Waals surface area contributed by atoms with E-state index >= 15 is 0 Å². The van der Waals surface area contributed by atoms with Crippen molar-refractivity contribution < 1.29 is 0 Å². The van der Waals surface area contributed by atoms with Crippen LogP contribution < -0.4 is 11.5 Å². The van der Waals surface area contributed by atoms with Gasteiger partial charge in [0.15, 0.2) is 5.96 Å². The van der Waals surface area contributed by atoms with Gasteiger partial charge in [-0.25, -0.2) is 5.41 Å². The molecule has 0 rings (SSSR count). The quantitative estimate of drug-likeness (QED) is 0.223. The Kier molecular flexibility index (Phi) is 31.7. The zero-order chi connectivity index (χ0) is 6.28. The number of thiocarbonyl (C=S) groups is 1. The van der Waals surface area contributed by atoms with Gasteiger partial charge in [-0.3, -0.25) is 5.41 Å². The second-order valence-electron chi connectivity index (χ2n) is 0.557. The molecule has 0 spiro atoms. The lowest BCUT2D eigenvalue weighted by Gasteiger charge is -1.69. The summed E-state index contributed by atoms with van der Waals surface area (Å²) in [7, 11) is 0. The number of guanidine groups is 1. The standard InChI is InChI=1S/CH5N3.CHNS.ClH/c2-1(3)4;2-1-3;/h(H5,2,3,4);2H;1H. The molecule has 0 aliphatic heterocycles. The number of rotatable bonds is 0. The molecule has 0 atom stereocenters. The zero-order valence-corrected chi connectivity index (χ0v) is 5.60. The Balaban J connectivity index is -0.0000000575. The van der Waals surface area contributed by atoms with Crippen molar-refractivity contribution in [2.75, 3.05) is 0 Å². The van der Waals surface area contributed by atoms with Crippen LogP contribution >= 0.6 is 24.6 Å². The Hall–Kier alpha value is -0.640. The van der Waals surface area contributed by atoms with Crippen molar-refractivity contribution in [3.05, 3.63) is 0 Å². The van der Waals surface area contributed by atoms with Gasteiger partial charge >= 0.3 is 0 Å². The summed E-state index contributed by atoms with van der Waals surface area (Å²) in [6.45, 7) is 0. The number of hydrogen-bond acceptors (Lipinski definition) is 3. The van der Waals surface area contributed by atoms with E-state index in [1.54, 1.807) is 5.16 Å². The summed E-state index contributed by atoms with van der Waals surface area (Å²) in [5.74, 6) is -0.333. The van der Waals surface area contributed by atoms with Crippen molar-refractivity contribution >= 4 is 35.7 Å². The summed E-state index contributed by atoms with van der Waals surface area (Å²) >= 11 is 3.81. The molecule has 6 heteroatoms. The number of nitrogens with two attached hydrogens (primary N) is 2. The largest absolute Gasteiger partial charge is 0.370 e. The lowest BCUT2D eigenvalue weighted by molar-refractivity contribution is 1.39. The predicted octanol–water partition coefficient (Wildman–Crippen LogP) is -0.0717. The number of halogens is 1. The van der Waals surface area contributed by atoms with Crippen molar-refractivity contribution in [3.63, 3.8) is 0 Å². The van der Waals surface area contributed by atoms with Crippen molar-refractivity contribution in [2.24, 2.45) is 11.5 Å². The zero-order valence-electron chi connectivity index (χ0n) is 3.97. The van der Waals surface area contributed by atoms with E-state index in [4.69, 9.17) is 10.8 Å². The van der Waals surface area contributed by atoms with E-state index in [0.717, 1.165) is 0 Å². The van der Waals surface area contributed by atoms with Crippen molar-refractivity contribution in [1.82, 2.24) is 0 Å². The maximum absolute atomic E-state index is 6.06. The molecule has 0 saturated carbocycles. The molecule has 0 unspecified atom stereocenters. The molecular weight excluding hydrogens is 148 g/mol. The molecule has 4 nitrogen and oxygen atoms in total. The molecule has 48 valence electrons. The van der Waals surface area contributed by atoms with Crippen molar-refractivity contribution in [3.8, 4) is 0 Å². The first-order valence-corrected chi connectivity index (χ1v) is 1.69. The highest BCUT2D eigenvalue weighted by molar-refractivity contribution is 7.78. The maximum Gasteiger partial charge on any atom is 0.183 e. The highest BCUT2D eigenvalue weighted by atomic mass is 35.5. The van der Waals surface area contributed by atoms with Crippen LogP contribution in [-0.4, -0.2) is 11.1 Å². The van der Waals surface area contributed by atoms with Crippen LogP contribution in [0.3, 0.4) is 0 Å². The Bertz CT molecular complexity index is 82.0. The van der Waals surface area contributed by atoms with Gasteiger partial charge in [-0.1, -0.05) is 0 Å². The van der Waals surface area contributed by atoms with Crippen LogP contribution in [0.1, 0.15) is 0 Å². The monoisotopic (exact) mass is 154 g/mol. The van der Waals surface area contributed by atoms with Gasteiger partial charge in [-0.15, -0.1) is 12.4 Å². The van der Waals surface area contributed by atoms with Gasteiger partial charge < -0.3 is 11.5 Å². The van der Waals surface area contributed by atoms with Crippen molar-refractivity contribution in [2.45, 2.75) is 0 Å². The minimum atomic E-state index is -0.333. The molecule has 0 fully saturated rings. The summed E-state index contributed by atoms with van der Waals surface area (Å²) in [5, 5.41) is 13.4. The van der Waals surface area contributed by atoms with Gasteiger partial charge in [-0.2, -0.15) is 0 Å². The summed E-state index contributed by atoms with van der Waals surface area (Å²) in [4.78, 5) is 0. The molecule has 0 aromatic carbocycles. The molecule has 0 heterocycles. The Morgan fingerprint density at radius 1 is 1.50 bits per heavy atom. The van der Waals surface area contributed by atoms with Gasteiger partial charge in [0.2, 0.25) is 0 Å². The fraction of sp³-hybridized carbons (Fsp3) is 0. The highest BCUT2D eigenvalue weighted by Gasteiger charge is 1.52. The normalized spacial score (nSPS) is 4.00. The average molecular weight is 155 g/mol. The number of nitrogens with one attached hydrogen (secondary N) is 2. The first-order chi connectivity index (χ1) is 3.15. The Morgan fingerprint density at radius 3 is 1.50 bits per heavy atom. The molecule has 0 radical (unpaired) electrons. The molecule has 0 saturated heterocycles. The predicted molar refractivity (Wildman–Crippen MR) is 38.7 cm³/mol. The molecule has 0 amide bonds. The smallest absolute Gasteiger partial charge is 0.183 e. The van der Waals surface area contributed by atoms with Crippen LogP contribution in [0.15, 0.2) is 0 Å². The van der Waals surface area contributed by atoms with Crippen LogP contribution in [0.25, 0.3) is 0 Å². The second-order valence-corrected chi connectivity index (χ2v) is 0.762. The van der Waals surface area contributed by atoms with E-state index in [0.29, 0.717) is 0 Å². The summed E-state index contributed by atoms with van der Waals surface area (Å²) in [6, 6.07) is 0. The highest BCUT2D eigenvalue weighted by Crippen LogP contribution is 1.16. The van der Waals surface area contributed by atoms with Gasteiger partial charge in [0.05, 0.1) is 5.16 Å². The van der Waals surface area contributed by atoms with E-state index in [9.17, 15) is 0 Å². The molecule has 0 bridgehead atoms. The average Bonchev–Trinajstić information content (AvgIpc) is 1.33. The van der Waals surface area contributed by atoms with E-state index in [1.165, 1.54) is 0 Å². The Labute approximate surface area is 58.7 Å². The topological polar surface area (TPSA) is 99.7 Å². The Morgan fingerprint density at radius 2 is 1.50 bits per heavy atom. The van der Waals surface area contributed by atoms with Gasteiger partial charge in [0.1, 0.15) is 0 Å². The van der Waals surface area contributed by atoms with Crippen LogP contribution in [0, 0.1) is 10.8 Å². The van der Waals surface area contributed by atoms with Gasteiger partial charge in [0.25, 0.3) is 0 Å². The minimum absolute atomic E-state index is 0. The number of hydrogen-bond donors (Lipinski definition) is 4. The third-order valence-electron chi connectivity index (χ3n) is 0. The molecule has 0 aliphatic rings. The lowest BCUT2D eigenvalue weighted by Crippen LogP contribution is -2.20. The molecule has 0 aromatic rings. The molecule has 0 aliphatic carbocycles. The third kappa shape index (κ3) is 249. The van der Waals surface area contributed by atoms with Crippen LogP contribution in [0.2, 0.25) is 0 Å². The second kappa shape index (κ2) is 16.2. The maximum atomic E-state index is 6.06. The minimum Gasteiger partial charge on any atom is -0.370 e. The van der Waals surface area contributed by atoms with Gasteiger partial charge in [0, 0.05) is 0 Å². The van der Waals surface area contributed by atoms with E-state index in [2.05, 4.69) is 23.7 Å². The third-order valence-corrected chi connectivity index (χ3v) is 0. The van der Waals surface area contributed by atoms with E-state index in [-0.39, 0.29) is 18.4 Å². The van der Waals surface area contributed by atoms with Crippen LogP contribution in [0.4, 0.5) is 0 Å². The first kappa shape index (κ1) is 15.7. The van der Waals surface area contributed by atoms with E-state index in [1.807, 2.05) is 0 Å². The summed E-state index contributed by atoms with van der Waals surface area (Å²) < 4.78 is 0. The molecule has 8 heavy (non-hydrogen) atoms. The SMILES string of the molecule is Cl.N=C(N)N.N=C=S. The molecule has 6 N–H and O–H groups in total. The van der Waals surface area contributed by atoms with Gasteiger partial charge in [-0.05, 0) is 12.2 Å². The molecule has 0 aromatic heterocycles. The van der Waals surface area contributed by atoms with E-state index < -0.39 is 0 Å². The first-order valence-electron chi connectivity index (χ1n) is 1.28. The fourth-order valence-corrected chi connectivity index (χ4v) is 0. The summed E-state index contributed by atoms with van der Waals surface area (Å²) in [5.41, 5.74) is 8.94. The lowest BCUT2D eigenvalue weighted by atomic mass is 11.1. The molecular formula is C2H7ClN4S. The van der Waals surface area contributed by atoms with Crippen LogP contribution in [-0.2, 0) is 0 Å². The summed E-state index contributed by atoms with van der Waals surface area (Å²) in [6.07, 6.45) is 0.